The van der Waals surface area contributed by atoms with Crippen molar-refractivity contribution in [2.75, 3.05) is 0 Å². The summed E-state index contributed by atoms with van der Waals surface area (Å²) in [5, 5.41) is 8.32. The van der Waals surface area contributed by atoms with Crippen LogP contribution in [0.2, 0.25) is 10.0 Å². The number of ether oxygens (including phenoxy) is 1. The van der Waals surface area contributed by atoms with Crippen molar-refractivity contribution >= 4 is 23.2 Å². The van der Waals surface area contributed by atoms with Crippen molar-refractivity contribution in [2.24, 2.45) is 5.73 Å². The van der Waals surface area contributed by atoms with E-state index in [2.05, 4.69) is 14.9 Å². The summed E-state index contributed by atoms with van der Waals surface area (Å²) in [4.78, 5) is 0. The van der Waals surface area contributed by atoms with E-state index >= 15 is 0 Å². The topological polar surface area (TPSA) is 74.2 Å². The van der Waals surface area contributed by atoms with Gasteiger partial charge in [0.2, 0.25) is 0 Å². The number of aryl methyl sites for hydroxylation is 1. The first kappa shape index (κ1) is 13.1. The van der Waals surface area contributed by atoms with E-state index in [4.69, 9.17) is 33.7 Å². The fourth-order valence-corrected chi connectivity index (χ4v) is 2.04. The molecule has 1 aromatic heterocycles. The van der Waals surface area contributed by atoms with E-state index in [0.717, 1.165) is 5.56 Å². The number of aromatic nitrogens is 2. The lowest BCUT2D eigenvalue weighted by atomic mass is 10.2. The molecule has 18 heavy (non-hydrogen) atoms. The maximum Gasteiger partial charge on any atom is 0.145 e. The zero-order chi connectivity index (χ0) is 13.1. The summed E-state index contributed by atoms with van der Waals surface area (Å²) in [5.74, 6) is 0.506. The first-order chi connectivity index (χ1) is 8.61. The van der Waals surface area contributed by atoms with E-state index in [0.29, 0.717) is 27.2 Å². The third-order valence-corrected chi connectivity index (χ3v) is 2.90. The first-order valence-electron chi connectivity index (χ1n) is 5.20. The summed E-state index contributed by atoms with van der Waals surface area (Å²) in [5.41, 5.74) is 7.65. The Morgan fingerprint density at radius 1 is 1.33 bits per heavy atom. The van der Waals surface area contributed by atoms with Gasteiger partial charge in [0.15, 0.2) is 0 Å². The highest BCUT2D eigenvalue weighted by Crippen LogP contribution is 2.32. The maximum absolute atomic E-state index is 6.07. The molecule has 5 nitrogen and oxygen atoms in total. The van der Waals surface area contributed by atoms with Gasteiger partial charge in [-0.15, -0.1) is 0 Å². The number of nitrogens with zero attached hydrogens (tertiary/aromatic N) is 2. The summed E-state index contributed by atoms with van der Waals surface area (Å²) in [6.45, 7) is 2.28. The summed E-state index contributed by atoms with van der Waals surface area (Å²) < 4.78 is 10.2. The Bertz CT molecular complexity index is 557. The second kappa shape index (κ2) is 5.56. The number of hydrogen-bond donors (Lipinski definition) is 1. The molecule has 96 valence electrons. The molecule has 1 heterocycles. The van der Waals surface area contributed by atoms with Crippen LogP contribution in [0.25, 0.3) is 0 Å². The van der Waals surface area contributed by atoms with Gasteiger partial charge in [0, 0.05) is 17.1 Å². The van der Waals surface area contributed by atoms with E-state index in [9.17, 15) is 0 Å². The standard InChI is InChI=1S/C11H11Cl2N3O2/c1-6-10(16-18-15-6)5-17-11-7(4-14)2-8(12)3-9(11)13/h2-3H,4-5,14H2,1H3. The Kier molecular flexibility index (Phi) is 4.06. The molecule has 0 spiro atoms. The molecule has 0 bridgehead atoms. The molecule has 0 saturated carbocycles. The highest BCUT2D eigenvalue weighted by atomic mass is 35.5. The lowest BCUT2D eigenvalue weighted by Crippen LogP contribution is -2.04. The van der Waals surface area contributed by atoms with Gasteiger partial charge in [0.25, 0.3) is 0 Å². The van der Waals surface area contributed by atoms with Gasteiger partial charge in [-0.2, -0.15) is 0 Å². The predicted octanol–water partition coefficient (Wildman–Crippen LogP) is 2.72. The summed E-state index contributed by atoms with van der Waals surface area (Å²) in [6, 6.07) is 3.32. The number of nitrogens with two attached hydrogens (primary N) is 1. The molecule has 0 fully saturated rings. The van der Waals surface area contributed by atoms with Crippen LogP contribution in [-0.4, -0.2) is 10.3 Å². The quantitative estimate of drug-likeness (QED) is 0.936. The minimum absolute atomic E-state index is 0.212. The Labute approximate surface area is 114 Å². The Morgan fingerprint density at radius 2 is 2.11 bits per heavy atom. The van der Waals surface area contributed by atoms with Crippen LogP contribution in [0.1, 0.15) is 17.0 Å². The van der Waals surface area contributed by atoms with Crippen LogP contribution in [0, 0.1) is 6.92 Å². The van der Waals surface area contributed by atoms with E-state index < -0.39 is 0 Å². The highest BCUT2D eigenvalue weighted by molar-refractivity contribution is 6.35. The van der Waals surface area contributed by atoms with Crippen LogP contribution in [0.15, 0.2) is 16.8 Å². The smallest absolute Gasteiger partial charge is 0.145 e. The minimum Gasteiger partial charge on any atom is -0.485 e. The van der Waals surface area contributed by atoms with Gasteiger partial charge < -0.3 is 10.5 Å². The highest BCUT2D eigenvalue weighted by Gasteiger charge is 2.12. The zero-order valence-electron chi connectivity index (χ0n) is 9.61. The van der Waals surface area contributed by atoms with Crippen molar-refractivity contribution in [1.29, 1.82) is 0 Å². The predicted molar refractivity (Wildman–Crippen MR) is 67.7 cm³/mol. The van der Waals surface area contributed by atoms with Crippen molar-refractivity contribution in [2.45, 2.75) is 20.1 Å². The van der Waals surface area contributed by atoms with E-state index in [1.165, 1.54) is 0 Å². The molecular formula is C11H11Cl2N3O2. The molecule has 0 saturated heterocycles. The molecule has 0 aliphatic heterocycles. The van der Waals surface area contributed by atoms with Crippen molar-refractivity contribution in [3.05, 3.63) is 39.1 Å². The van der Waals surface area contributed by atoms with Crippen LogP contribution in [0.3, 0.4) is 0 Å². The van der Waals surface area contributed by atoms with Crippen LogP contribution >= 0.6 is 23.2 Å². The Balaban J connectivity index is 2.21. The van der Waals surface area contributed by atoms with Crippen molar-refractivity contribution in [1.82, 2.24) is 10.3 Å². The van der Waals surface area contributed by atoms with Gasteiger partial charge in [0.1, 0.15) is 23.7 Å². The number of halogens is 2. The number of hydrogen-bond acceptors (Lipinski definition) is 5. The fourth-order valence-electron chi connectivity index (χ4n) is 1.45. The largest absolute Gasteiger partial charge is 0.485 e. The Hall–Kier alpha value is -1.30. The second-order valence-corrected chi connectivity index (χ2v) is 4.51. The molecule has 2 rings (SSSR count). The van der Waals surface area contributed by atoms with Crippen molar-refractivity contribution in [3.8, 4) is 5.75 Å². The van der Waals surface area contributed by atoms with Crippen LogP contribution in [0.5, 0.6) is 5.75 Å². The zero-order valence-corrected chi connectivity index (χ0v) is 11.1. The molecule has 2 N–H and O–H groups in total. The molecule has 0 unspecified atom stereocenters. The molecular weight excluding hydrogens is 277 g/mol. The molecule has 2 aromatic rings. The molecule has 0 amide bonds. The van der Waals surface area contributed by atoms with Crippen LogP contribution in [0.4, 0.5) is 0 Å². The molecule has 0 atom stereocenters. The first-order valence-corrected chi connectivity index (χ1v) is 5.96. The summed E-state index contributed by atoms with van der Waals surface area (Å²) >= 11 is 12.0. The molecule has 0 aliphatic rings. The SMILES string of the molecule is Cc1nonc1COc1c(Cl)cc(Cl)cc1CN. The lowest BCUT2D eigenvalue weighted by molar-refractivity contribution is 0.268. The average Bonchev–Trinajstić information content (AvgIpc) is 2.73. The summed E-state index contributed by atoms with van der Waals surface area (Å²) in [7, 11) is 0. The van der Waals surface area contributed by atoms with Gasteiger partial charge in [0.05, 0.1) is 5.02 Å². The number of rotatable bonds is 4. The normalized spacial score (nSPS) is 10.7. The summed E-state index contributed by atoms with van der Waals surface area (Å²) in [6.07, 6.45) is 0. The van der Waals surface area contributed by atoms with Gasteiger partial charge in [-0.1, -0.05) is 33.5 Å². The third kappa shape index (κ3) is 2.75. The van der Waals surface area contributed by atoms with Gasteiger partial charge in [-0.05, 0) is 19.1 Å². The van der Waals surface area contributed by atoms with Gasteiger partial charge in [-0.3, -0.25) is 0 Å². The molecule has 7 heteroatoms. The monoisotopic (exact) mass is 287 g/mol. The van der Waals surface area contributed by atoms with E-state index in [1.54, 1.807) is 19.1 Å². The van der Waals surface area contributed by atoms with Crippen LogP contribution < -0.4 is 10.5 Å². The molecule has 0 aliphatic carbocycles. The third-order valence-electron chi connectivity index (χ3n) is 2.40. The second-order valence-electron chi connectivity index (χ2n) is 3.66. The minimum atomic E-state index is 0.212. The molecule has 0 radical (unpaired) electrons. The van der Waals surface area contributed by atoms with Crippen LogP contribution in [-0.2, 0) is 13.2 Å². The fraction of sp³-hybridized carbons (Fsp3) is 0.273. The average molecular weight is 288 g/mol. The number of benzene rings is 1. The van der Waals surface area contributed by atoms with E-state index in [1.807, 2.05) is 0 Å². The Morgan fingerprint density at radius 3 is 2.72 bits per heavy atom. The van der Waals surface area contributed by atoms with Crippen molar-refractivity contribution < 1.29 is 9.37 Å². The lowest BCUT2D eigenvalue weighted by Gasteiger charge is -2.11. The van der Waals surface area contributed by atoms with Crippen molar-refractivity contribution in [3.63, 3.8) is 0 Å². The van der Waals surface area contributed by atoms with E-state index in [-0.39, 0.29) is 13.2 Å². The van der Waals surface area contributed by atoms with Gasteiger partial charge >= 0.3 is 0 Å². The van der Waals surface area contributed by atoms with Gasteiger partial charge in [-0.25, -0.2) is 4.63 Å². The molecule has 1 aromatic carbocycles. The maximum atomic E-state index is 6.07.